The molecule has 0 amide bonds. The summed E-state index contributed by atoms with van der Waals surface area (Å²) < 4.78 is 0. The molecular formula is C15H13Cl2N3S. The van der Waals surface area contributed by atoms with Crippen LogP contribution in [0.2, 0.25) is 10.0 Å². The van der Waals surface area contributed by atoms with Gasteiger partial charge in [0.1, 0.15) is 0 Å². The maximum absolute atomic E-state index is 6.04. The van der Waals surface area contributed by atoms with Gasteiger partial charge in [-0.15, -0.1) is 0 Å². The molecule has 6 heteroatoms. The molecule has 0 fully saturated rings. The quantitative estimate of drug-likeness (QED) is 0.487. The summed E-state index contributed by atoms with van der Waals surface area (Å²) in [6, 6.07) is 13.2. The van der Waals surface area contributed by atoms with E-state index in [0.29, 0.717) is 20.7 Å². The van der Waals surface area contributed by atoms with E-state index in [0.717, 1.165) is 5.69 Å². The van der Waals surface area contributed by atoms with Gasteiger partial charge in [0.15, 0.2) is 5.11 Å². The Hall–Kier alpha value is -1.62. The number of aryl methyl sites for hydroxylation is 1. The summed E-state index contributed by atoms with van der Waals surface area (Å²) in [5, 5.41) is 8.51. The molecule has 0 aliphatic heterocycles. The van der Waals surface area contributed by atoms with Gasteiger partial charge in [0.25, 0.3) is 0 Å². The van der Waals surface area contributed by atoms with Crippen molar-refractivity contribution in [2.45, 2.75) is 6.92 Å². The number of hydrazone groups is 1. The lowest BCUT2D eigenvalue weighted by atomic mass is 10.2. The van der Waals surface area contributed by atoms with Gasteiger partial charge in [0.2, 0.25) is 0 Å². The molecule has 0 atom stereocenters. The molecule has 2 aromatic rings. The van der Waals surface area contributed by atoms with E-state index in [1.165, 1.54) is 11.8 Å². The minimum Gasteiger partial charge on any atom is -0.331 e. The van der Waals surface area contributed by atoms with Gasteiger partial charge in [0.05, 0.1) is 16.3 Å². The SMILES string of the molecule is Cc1ccc(NC(=S)NN=Cc2c(Cl)cccc2Cl)cc1. The zero-order valence-corrected chi connectivity index (χ0v) is 13.6. The fourth-order valence-electron chi connectivity index (χ4n) is 1.59. The Morgan fingerprint density at radius 3 is 2.33 bits per heavy atom. The van der Waals surface area contributed by atoms with Crippen LogP contribution in [0.1, 0.15) is 11.1 Å². The number of nitrogens with one attached hydrogen (secondary N) is 2. The molecular weight excluding hydrogens is 325 g/mol. The summed E-state index contributed by atoms with van der Waals surface area (Å²) in [4.78, 5) is 0. The summed E-state index contributed by atoms with van der Waals surface area (Å²) in [5.74, 6) is 0. The van der Waals surface area contributed by atoms with Gasteiger partial charge in [0, 0.05) is 11.3 Å². The average molecular weight is 338 g/mol. The van der Waals surface area contributed by atoms with Crippen LogP contribution in [0.4, 0.5) is 5.69 Å². The van der Waals surface area contributed by atoms with E-state index < -0.39 is 0 Å². The molecule has 0 saturated carbocycles. The van der Waals surface area contributed by atoms with Crippen LogP contribution in [-0.2, 0) is 0 Å². The van der Waals surface area contributed by atoms with Gasteiger partial charge in [-0.3, -0.25) is 5.43 Å². The number of hydrogen-bond donors (Lipinski definition) is 2. The van der Waals surface area contributed by atoms with Crippen LogP contribution < -0.4 is 10.7 Å². The number of thiocarbonyl (C=S) groups is 1. The van der Waals surface area contributed by atoms with Crippen LogP contribution in [0.25, 0.3) is 0 Å². The molecule has 3 nitrogen and oxygen atoms in total. The van der Waals surface area contributed by atoms with Crippen molar-refractivity contribution in [3.8, 4) is 0 Å². The van der Waals surface area contributed by atoms with Crippen LogP contribution in [0.5, 0.6) is 0 Å². The van der Waals surface area contributed by atoms with Gasteiger partial charge in [-0.25, -0.2) is 0 Å². The topological polar surface area (TPSA) is 36.4 Å². The van der Waals surface area contributed by atoms with E-state index in [4.69, 9.17) is 35.4 Å². The molecule has 0 heterocycles. The van der Waals surface area contributed by atoms with Gasteiger partial charge in [-0.05, 0) is 43.4 Å². The van der Waals surface area contributed by atoms with E-state index in [-0.39, 0.29) is 0 Å². The smallest absolute Gasteiger partial charge is 0.191 e. The number of hydrogen-bond acceptors (Lipinski definition) is 2. The third kappa shape index (κ3) is 4.70. The Morgan fingerprint density at radius 2 is 1.71 bits per heavy atom. The molecule has 0 aromatic heterocycles. The van der Waals surface area contributed by atoms with Gasteiger partial charge >= 0.3 is 0 Å². The second-order valence-electron chi connectivity index (χ2n) is 4.33. The zero-order chi connectivity index (χ0) is 15.2. The van der Waals surface area contributed by atoms with Crippen LogP contribution in [0.3, 0.4) is 0 Å². The first-order chi connectivity index (χ1) is 10.1. The van der Waals surface area contributed by atoms with Crippen molar-refractivity contribution in [3.63, 3.8) is 0 Å². The monoisotopic (exact) mass is 337 g/mol. The number of halogens is 2. The number of nitrogens with zero attached hydrogens (tertiary/aromatic N) is 1. The van der Waals surface area contributed by atoms with Crippen molar-refractivity contribution in [2.24, 2.45) is 5.10 Å². The van der Waals surface area contributed by atoms with Crippen molar-refractivity contribution in [1.29, 1.82) is 0 Å². The number of benzene rings is 2. The lowest BCUT2D eigenvalue weighted by Crippen LogP contribution is -2.23. The molecule has 0 aliphatic carbocycles. The second-order valence-corrected chi connectivity index (χ2v) is 5.55. The standard InChI is InChI=1S/C15H13Cl2N3S/c1-10-5-7-11(8-6-10)19-15(21)20-18-9-12-13(16)3-2-4-14(12)17/h2-9H,1H3,(H2,19,20,21). The molecule has 0 radical (unpaired) electrons. The Labute approximate surface area is 139 Å². The minimum absolute atomic E-state index is 0.387. The van der Waals surface area contributed by atoms with Gasteiger partial charge < -0.3 is 5.32 Å². The maximum Gasteiger partial charge on any atom is 0.191 e. The van der Waals surface area contributed by atoms with E-state index in [1.54, 1.807) is 18.2 Å². The summed E-state index contributed by atoms with van der Waals surface area (Å²) in [7, 11) is 0. The van der Waals surface area contributed by atoms with Crippen LogP contribution in [0.15, 0.2) is 47.6 Å². The lowest BCUT2D eigenvalue weighted by molar-refractivity contribution is 1.05. The highest BCUT2D eigenvalue weighted by Gasteiger charge is 2.02. The van der Waals surface area contributed by atoms with Crippen LogP contribution in [-0.4, -0.2) is 11.3 Å². The molecule has 0 saturated heterocycles. The highest BCUT2D eigenvalue weighted by molar-refractivity contribution is 7.80. The summed E-state index contributed by atoms with van der Waals surface area (Å²) in [5.41, 5.74) is 5.44. The van der Waals surface area contributed by atoms with Crippen molar-refractivity contribution >= 4 is 52.4 Å². The van der Waals surface area contributed by atoms with Crippen molar-refractivity contribution in [1.82, 2.24) is 5.43 Å². The molecule has 0 aliphatic rings. The van der Waals surface area contributed by atoms with Gasteiger partial charge in [-0.1, -0.05) is 47.0 Å². The third-order valence-corrected chi connectivity index (χ3v) is 3.52. The highest BCUT2D eigenvalue weighted by Crippen LogP contribution is 2.21. The van der Waals surface area contributed by atoms with Crippen molar-refractivity contribution < 1.29 is 0 Å². The molecule has 0 bridgehead atoms. The van der Waals surface area contributed by atoms with E-state index in [9.17, 15) is 0 Å². The normalized spacial score (nSPS) is 10.6. The fraction of sp³-hybridized carbons (Fsp3) is 0.0667. The second kappa shape index (κ2) is 7.41. The lowest BCUT2D eigenvalue weighted by Gasteiger charge is -2.07. The van der Waals surface area contributed by atoms with Crippen LogP contribution >= 0.6 is 35.4 Å². The predicted molar refractivity (Wildman–Crippen MR) is 94.6 cm³/mol. The Balaban J connectivity index is 1.95. The van der Waals surface area contributed by atoms with E-state index >= 15 is 0 Å². The first-order valence-corrected chi connectivity index (χ1v) is 7.33. The fourth-order valence-corrected chi connectivity index (χ4v) is 2.25. The molecule has 0 spiro atoms. The molecule has 108 valence electrons. The molecule has 2 aromatic carbocycles. The zero-order valence-electron chi connectivity index (χ0n) is 11.2. The number of rotatable bonds is 3. The highest BCUT2D eigenvalue weighted by atomic mass is 35.5. The van der Waals surface area contributed by atoms with Crippen LogP contribution in [0, 0.1) is 6.92 Å². The Morgan fingerprint density at radius 1 is 1.10 bits per heavy atom. The van der Waals surface area contributed by atoms with Gasteiger partial charge in [-0.2, -0.15) is 5.10 Å². The van der Waals surface area contributed by atoms with Crippen molar-refractivity contribution in [3.05, 3.63) is 63.6 Å². The number of anilines is 1. The third-order valence-electron chi connectivity index (χ3n) is 2.67. The van der Waals surface area contributed by atoms with E-state index in [2.05, 4.69) is 15.8 Å². The average Bonchev–Trinajstić information content (AvgIpc) is 2.45. The largest absolute Gasteiger partial charge is 0.331 e. The predicted octanol–water partition coefficient (Wildman–Crippen LogP) is 4.62. The maximum atomic E-state index is 6.04. The summed E-state index contributed by atoms with van der Waals surface area (Å²) in [6.07, 6.45) is 1.54. The molecule has 2 rings (SSSR count). The summed E-state index contributed by atoms with van der Waals surface area (Å²) in [6.45, 7) is 2.03. The summed E-state index contributed by atoms with van der Waals surface area (Å²) >= 11 is 17.2. The van der Waals surface area contributed by atoms with Crippen molar-refractivity contribution in [2.75, 3.05) is 5.32 Å². The minimum atomic E-state index is 0.387. The first kappa shape index (κ1) is 15.8. The Bertz CT molecular complexity index is 649. The first-order valence-electron chi connectivity index (χ1n) is 6.17. The molecule has 0 unspecified atom stereocenters. The molecule has 21 heavy (non-hydrogen) atoms. The molecule has 2 N–H and O–H groups in total. The van der Waals surface area contributed by atoms with E-state index in [1.807, 2.05) is 31.2 Å². The Kier molecular flexibility index (Phi) is 5.56.